The van der Waals surface area contributed by atoms with Crippen molar-refractivity contribution < 1.29 is 8.42 Å². The fourth-order valence-corrected chi connectivity index (χ4v) is 1.29. The topological polar surface area (TPSA) is 70.6 Å². The number of nitrogens with one attached hydrogen (secondary N) is 2. The van der Waals surface area contributed by atoms with Crippen molar-refractivity contribution in [2.24, 2.45) is 4.99 Å². The van der Waals surface area contributed by atoms with E-state index in [4.69, 9.17) is 0 Å². The lowest BCUT2D eigenvalue weighted by atomic mass is 10.5. The number of aliphatic imine (C=N–C) groups is 1. The fourth-order valence-electron chi connectivity index (χ4n) is 0.819. The van der Waals surface area contributed by atoms with Crippen LogP contribution in [0.1, 0.15) is 13.3 Å². The van der Waals surface area contributed by atoms with Crippen molar-refractivity contribution >= 4 is 39.8 Å². The maximum absolute atomic E-state index is 10.8. The molecule has 2 N–H and O–H groups in total. The summed E-state index contributed by atoms with van der Waals surface area (Å²) in [5.74, 6) is 0.773. The quantitative estimate of drug-likeness (QED) is 0.423. The summed E-state index contributed by atoms with van der Waals surface area (Å²) in [5.41, 5.74) is 0. The van der Waals surface area contributed by atoms with E-state index in [1.54, 1.807) is 7.05 Å². The van der Waals surface area contributed by atoms with Crippen LogP contribution in [0.15, 0.2) is 4.99 Å². The van der Waals surface area contributed by atoms with Gasteiger partial charge in [-0.1, -0.05) is 6.92 Å². The average molecular weight is 349 g/mol. The van der Waals surface area contributed by atoms with Gasteiger partial charge in [-0.25, -0.2) is 8.42 Å². The fraction of sp³-hybridized carbons (Fsp3) is 0.875. The van der Waals surface area contributed by atoms with E-state index in [0.717, 1.165) is 13.0 Å². The van der Waals surface area contributed by atoms with Crippen molar-refractivity contribution in [2.75, 3.05) is 32.1 Å². The van der Waals surface area contributed by atoms with E-state index < -0.39 is 9.84 Å². The highest BCUT2D eigenvalue weighted by atomic mass is 127. The molecule has 15 heavy (non-hydrogen) atoms. The number of nitrogens with zero attached hydrogens (tertiary/aromatic N) is 1. The zero-order valence-corrected chi connectivity index (χ0v) is 12.6. The van der Waals surface area contributed by atoms with E-state index in [1.807, 2.05) is 0 Å². The molecular weight excluding hydrogens is 329 g/mol. The molecule has 92 valence electrons. The largest absolute Gasteiger partial charge is 0.356 e. The molecule has 0 unspecified atom stereocenters. The molecule has 0 heterocycles. The minimum atomic E-state index is -2.89. The van der Waals surface area contributed by atoms with Gasteiger partial charge in [-0.05, 0) is 6.42 Å². The predicted octanol–water partition coefficient (Wildman–Crippen LogP) is 0.224. The standard InChI is InChI=1S/C8H19N3O2S.HI/c1-4-5-10-8(9-2)11-6-7-14(3,12)13;/h4-7H2,1-3H3,(H2,9,10,11);1H. The van der Waals surface area contributed by atoms with E-state index in [2.05, 4.69) is 22.5 Å². The molecule has 0 fully saturated rings. The van der Waals surface area contributed by atoms with Crippen LogP contribution in [0.25, 0.3) is 0 Å². The number of hydrogen-bond acceptors (Lipinski definition) is 3. The number of guanidine groups is 1. The Balaban J connectivity index is 0. The summed E-state index contributed by atoms with van der Waals surface area (Å²) in [7, 11) is -1.24. The lowest BCUT2D eigenvalue weighted by Crippen LogP contribution is -2.39. The zero-order chi connectivity index (χ0) is 11.0. The molecule has 0 amide bonds. The molecule has 0 rings (SSSR count). The van der Waals surface area contributed by atoms with Gasteiger partial charge in [0.15, 0.2) is 5.96 Å². The molecule has 0 aliphatic rings. The second-order valence-corrected chi connectivity index (χ2v) is 5.32. The molecule has 7 heteroatoms. The lowest BCUT2D eigenvalue weighted by Gasteiger charge is -2.09. The minimum Gasteiger partial charge on any atom is -0.356 e. The number of halogens is 1. The first kappa shape index (κ1) is 17.3. The molecule has 0 atom stereocenters. The van der Waals surface area contributed by atoms with Gasteiger partial charge >= 0.3 is 0 Å². The van der Waals surface area contributed by atoms with Gasteiger partial charge in [-0.2, -0.15) is 0 Å². The first-order chi connectivity index (χ1) is 6.49. The molecule has 0 aromatic heterocycles. The molecule has 0 aliphatic carbocycles. The normalized spacial score (nSPS) is 11.8. The average Bonchev–Trinajstić information content (AvgIpc) is 2.09. The van der Waals surface area contributed by atoms with Crippen molar-refractivity contribution in [3.63, 3.8) is 0 Å². The summed E-state index contributed by atoms with van der Waals surface area (Å²) in [6.45, 7) is 3.28. The Labute approximate surface area is 109 Å². The van der Waals surface area contributed by atoms with Crippen LogP contribution >= 0.6 is 24.0 Å². The summed E-state index contributed by atoms with van der Waals surface area (Å²) in [4.78, 5) is 3.94. The molecule has 0 bridgehead atoms. The summed E-state index contributed by atoms with van der Waals surface area (Å²) in [6, 6.07) is 0. The molecule has 5 nitrogen and oxygen atoms in total. The summed E-state index contributed by atoms with van der Waals surface area (Å²) in [6.07, 6.45) is 2.23. The summed E-state index contributed by atoms with van der Waals surface area (Å²) in [5, 5.41) is 5.97. The van der Waals surface area contributed by atoms with Crippen molar-refractivity contribution in [1.82, 2.24) is 10.6 Å². The number of sulfone groups is 1. The third-order valence-electron chi connectivity index (χ3n) is 1.53. The van der Waals surface area contributed by atoms with Crippen LogP contribution in [-0.4, -0.2) is 46.5 Å². The second kappa shape index (κ2) is 9.20. The highest BCUT2D eigenvalue weighted by Gasteiger charge is 2.02. The molecule has 0 saturated carbocycles. The van der Waals surface area contributed by atoms with Gasteiger partial charge < -0.3 is 10.6 Å². The van der Waals surface area contributed by atoms with E-state index in [1.165, 1.54) is 6.26 Å². The van der Waals surface area contributed by atoms with Crippen molar-refractivity contribution in [1.29, 1.82) is 0 Å². The van der Waals surface area contributed by atoms with E-state index in [-0.39, 0.29) is 29.7 Å². The SMILES string of the molecule is CCCNC(=NC)NCCS(C)(=O)=O.I. The molecule has 0 aliphatic heterocycles. The van der Waals surface area contributed by atoms with Gasteiger partial charge in [-0.15, -0.1) is 24.0 Å². The molecule has 0 aromatic rings. The van der Waals surface area contributed by atoms with E-state index in [9.17, 15) is 8.42 Å². The molecule has 0 radical (unpaired) electrons. The molecule has 0 saturated heterocycles. The van der Waals surface area contributed by atoms with Gasteiger partial charge in [0.1, 0.15) is 9.84 Å². The van der Waals surface area contributed by atoms with Gasteiger partial charge in [0.05, 0.1) is 5.75 Å². The van der Waals surface area contributed by atoms with Crippen LogP contribution in [0, 0.1) is 0 Å². The van der Waals surface area contributed by atoms with Crippen molar-refractivity contribution in [2.45, 2.75) is 13.3 Å². The zero-order valence-electron chi connectivity index (χ0n) is 9.41. The predicted molar refractivity (Wildman–Crippen MR) is 74.8 cm³/mol. The molecular formula is C8H20IN3O2S. The Hall–Kier alpha value is -0.0500. The van der Waals surface area contributed by atoms with Crippen LogP contribution in [-0.2, 0) is 9.84 Å². The Morgan fingerprint density at radius 3 is 2.20 bits per heavy atom. The lowest BCUT2D eigenvalue weighted by molar-refractivity contribution is 0.600. The van der Waals surface area contributed by atoms with E-state index >= 15 is 0 Å². The van der Waals surface area contributed by atoms with Crippen LogP contribution < -0.4 is 10.6 Å². The maximum Gasteiger partial charge on any atom is 0.191 e. The van der Waals surface area contributed by atoms with Crippen molar-refractivity contribution in [3.8, 4) is 0 Å². The van der Waals surface area contributed by atoms with Crippen LogP contribution in [0.5, 0.6) is 0 Å². The van der Waals surface area contributed by atoms with Gasteiger partial charge in [0.25, 0.3) is 0 Å². The Morgan fingerprint density at radius 1 is 1.27 bits per heavy atom. The number of hydrogen-bond donors (Lipinski definition) is 2. The minimum absolute atomic E-state index is 0. The highest BCUT2D eigenvalue weighted by Crippen LogP contribution is 1.80. The van der Waals surface area contributed by atoms with Crippen LogP contribution in [0.2, 0.25) is 0 Å². The third-order valence-corrected chi connectivity index (χ3v) is 2.48. The summed E-state index contributed by atoms with van der Waals surface area (Å²) >= 11 is 0. The molecule has 0 spiro atoms. The number of rotatable bonds is 5. The Bertz CT molecular complexity index is 278. The van der Waals surface area contributed by atoms with Crippen LogP contribution in [0.3, 0.4) is 0 Å². The first-order valence-electron chi connectivity index (χ1n) is 4.62. The van der Waals surface area contributed by atoms with Crippen LogP contribution in [0.4, 0.5) is 0 Å². The smallest absolute Gasteiger partial charge is 0.191 e. The highest BCUT2D eigenvalue weighted by molar-refractivity contribution is 14.0. The van der Waals surface area contributed by atoms with Gasteiger partial charge in [0.2, 0.25) is 0 Å². The maximum atomic E-state index is 10.8. The first-order valence-corrected chi connectivity index (χ1v) is 6.68. The second-order valence-electron chi connectivity index (χ2n) is 3.06. The third kappa shape index (κ3) is 11.9. The van der Waals surface area contributed by atoms with E-state index in [0.29, 0.717) is 12.5 Å². The summed E-state index contributed by atoms with van der Waals surface area (Å²) < 4.78 is 21.6. The van der Waals surface area contributed by atoms with Gasteiger partial charge in [-0.3, -0.25) is 4.99 Å². The molecule has 0 aromatic carbocycles. The Kier molecular flexibility index (Phi) is 10.6. The van der Waals surface area contributed by atoms with Crippen molar-refractivity contribution in [3.05, 3.63) is 0 Å². The van der Waals surface area contributed by atoms with Gasteiger partial charge in [0, 0.05) is 26.4 Å². The monoisotopic (exact) mass is 349 g/mol. The Morgan fingerprint density at radius 2 is 1.80 bits per heavy atom.